The molecule has 0 bridgehead atoms. The van der Waals surface area contributed by atoms with Crippen molar-refractivity contribution in [2.24, 2.45) is 0 Å². The number of carbonyl (C=O) groups is 1. The SMILES string of the molecule is CCN(CC)CCCNC(=O)[C@H]1Cc2ccccc2CN1. The van der Waals surface area contributed by atoms with Crippen molar-refractivity contribution < 1.29 is 4.79 Å². The molecule has 1 atom stereocenters. The van der Waals surface area contributed by atoms with Gasteiger partial charge in [-0.3, -0.25) is 4.79 Å². The summed E-state index contributed by atoms with van der Waals surface area (Å²) in [5.74, 6) is 0.129. The molecule has 2 rings (SSSR count). The quantitative estimate of drug-likeness (QED) is 0.749. The molecule has 0 radical (unpaired) electrons. The average Bonchev–Trinajstić information content (AvgIpc) is 2.54. The van der Waals surface area contributed by atoms with E-state index in [1.807, 2.05) is 12.1 Å². The minimum absolute atomic E-state index is 0.0895. The Morgan fingerprint density at radius 2 is 2.00 bits per heavy atom. The van der Waals surface area contributed by atoms with Gasteiger partial charge in [0.2, 0.25) is 5.91 Å². The number of nitrogens with one attached hydrogen (secondary N) is 2. The Morgan fingerprint density at radius 1 is 1.29 bits per heavy atom. The first kappa shape index (κ1) is 16.0. The summed E-state index contributed by atoms with van der Waals surface area (Å²) in [7, 11) is 0. The minimum Gasteiger partial charge on any atom is -0.355 e. The van der Waals surface area contributed by atoms with Gasteiger partial charge in [-0.15, -0.1) is 0 Å². The van der Waals surface area contributed by atoms with Gasteiger partial charge in [0.25, 0.3) is 0 Å². The lowest BCUT2D eigenvalue weighted by Gasteiger charge is -2.25. The van der Waals surface area contributed by atoms with Gasteiger partial charge in [0.15, 0.2) is 0 Å². The van der Waals surface area contributed by atoms with Gasteiger partial charge in [-0.25, -0.2) is 0 Å². The first-order valence-corrected chi connectivity index (χ1v) is 8.04. The van der Waals surface area contributed by atoms with Crippen LogP contribution in [-0.2, 0) is 17.8 Å². The maximum Gasteiger partial charge on any atom is 0.237 e. The molecule has 0 aliphatic carbocycles. The van der Waals surface area contributed by atoms with Crippen LogP contribution in [0.15, 0.2) is 24.3 Å². The molecule has 1 aliphatic rings. The van der Waals surface area contributed by atoms with Crippen LogP contribution < -0.4 is 10.6 Å². The second-order valence-corrected chi connectivity index (χ2v) is 5.58. The summed E-state index contributed by atoms with van der Waals surface area (Å²) in [6.45, 7) is 9.09. The predicted octanol–water partition coefficient (Wildman–Crippen LogP) is 1.55. The van der Waals surface area contributed by atoms with E-state index in [0.717, 1.165) is 45.6 Å². The highest BCUT2D eigenvalue weighted by Gasteiger charge is 2.23. The Kier molecular flexibility index (Phi) is 6.21. The molecule has 4 heteroatoms. The number of nitrogens with zero attached hydrogens (tertiary/aromatic N) is 1. The Hall–Kier alpha value is -1.39. The third-order valence-corrected chi connectivity index (χ3v) is 4.24. The van der Waals surface area contributed by atoms with Gasteiger partial charge in [-0.05, 0) is 43.6 Å². The van der Waals surface area contributed by atoms with Gasteiger partial charge in [-0.2, -0.15) is 0 Å². The van der Waals surface area contributed by atoms with E-state index in [0.29, 0.717) is 0 Å². The number of hydrogen-bond donors (Lipinski definition) is 2. The summed E-state index contributed by atoms with van der Waals surface area (Å²) in [6.07, 6.45) is 1.80. The fourth-order valence-electron chi connectivity index (χ4n) is 2.82. The smallest absolute Gasteiger partial charge is 0.237 e. The molecule has 4 nitrogen and oxygen atoms in total. The summed E-state index contributed by atoms with van der Waals surface area (Å²) in [5.41, 5.74) is 2.60. The molecule has 1 aromatic carbocycles. The lowest BCUT2D eigenvalue weighted by molar-refractivity contribution is -0.123. The first-order valence-electron chi connectivity index (χ1n) is 8.04. The maximum atomic E-state index is 12.2. The third kappa shape index (κ3) is 4.55. The molecule has 21 heavy (non-hydrogen) atoms. The highest BCUT2D eigenvalue weighted by atomic mass is 16.2. The summed E-state index contributed by atoms with van der Waals surface area (Å²) >= 11 is 0. The van der Waals surface area contributed by atoms with Crippen LogP contribution in [0.1, 0.15) is 31.4 Å². The van der Waals surface area contributed by atoms with E-state index in [9.17, 15) is 4.79 Å². The van der Waals surface area contributed by atoms with E-state index in [-0.39, 0.29) is 11.9 Å². The van der Waals surface area contributed by atoms with Crippen LogP contribution in [-0.4, -0.2) is 43.0 Å². The van der Waals surface area contributed by atoms with Gasteiger partial charge in [-0.1, -0.05) is 38.1 Å². The summed E-state index contributed by atoms with van der Waals surface area (Å²) in [6, 6.07) is 8.25. The topological polar surface area (TPSA) is 44.4 Å². The molecule has 2 N–H and O–H groups in total. The fraction of sp³-hybridized carbons (Fsp3) is 0.588. The molecule has 0 fully saturated rings. The standard InChI is InChI=1S/C17H27N3O/c1-3-20(4-2)11-7-10-18-17(21)16-12-14-8-5-6-9-15(14)13-19-16/h5-6,8-9,16,19H,3-4,7,10-13H2,1-2H3,(H,18,21)/t16-/m1/s1. The first-order chi connectivity index (χ1) is 10.2. The van der Waals surface area contributed by atoms with E-state index < -0.39 is 0 Å². The minimum atomic E-state index is -0.0895. The number of amides is 1. The Morgan fingerprint density at radius 3 is 2.71 bits per heavy atom. The zero-order valence-electron chi connectivity index (χ0n) is 13.2. The zero-order valence-corrected chi connectivity index (χ0v) is 13.2. The van der Waals surface area contributed by atoms with Gasteiger partial charge < -0.3 is 15.5 Å². The van der Waals surface area contributed by atoms with Gasteiger partial charge in [0, 0.05) is 13.1 Å². The van der Waals surface area contributed by atoms with Crippen molar-refractivity contribution in [1.82, 2.24) is 15.5 Å². The van der Waals surface area contributed by atoms with Crippen LogP contribution in [0, 0.1) is 0 Å². The van der Waals surface area contributed by atoms with Crippen LogP contribution >= 0.6 is 0 Å². The lowest BCUT2D eigenvalue weighted by Crippen LogP contribution is -2.48. The van der Waals surface area contributed by atoms with Crippen molar-refractivity contribution in [3.8, 4) is 0 Å². The molecule has 0 spiro atoms. The van der Waals surface area contributed by atoms with Gasteiger partial charge >= 0.3 is 0 Å². The average molecular weight is 289 g/mol. The highest BCUT2D eigenvalue weighted by molar-refractivity contribution is 5.82. The normalized spacial score (nSPS) is 17.6. The Bertz CT molecular complexity index is 457. The van der Waals surface area contributed by atoms with Crippen molar-refractivity contribution in [1.29, 1.82) is 0 Å². The van der Waals surface area contributed by atoms with Crippen LogP contribution in [0.2, 0.25) is 0 Å². The number of fused-ring (bicyclic) bond motifs is 1. The molecule has 0 saturated heterocycles. The maximum absolute atomic E-state index is 12.2. The number of hydrogen-bond acceptors (Lipinski definition) is 3. The van der Waals surface area contributed by atoms with Gasteiger partial charge in [0.05, 0.1) is 6.04 Å². The molecule has 1 aromatic rings. The molecule has 116 valence electrons. The molecule has 0 saturated carbocycles. The molecule has 0 unspecified atom stereocenters. The van der Waals surface area contributed by atoms with E-state index >= 15 is 0 Å². The fourth-order valence-corrected chi connectivity index (χ4v) is 2.82. The molecular weight excluding hydrogens is 262 g/mol. The molecule has 1 amide bonds. The largest absolute Gasteiger partial charge is 0.355 e. The Balaban J connectivity index is 1.73. The van der Waals surface area contributed by atoms with Crippen molar-refractivity contribution >= 4 is 5.91 Å². The van der Waals surface area contributed by atoms with Crippen LogP contribution in [0.5, 0.6) is 0 Å². The van der Waals surface area contributed by atoms with Crippen molar-refractivity contribution in [3.63, 3.8) is 0 Å². The van der Waals surface area contributed by atoms with Crippen molar-refractivity contribution in [3.05, 3.63) is 35.4 Å². The number of benzene rings is 1. The van der Waals surface area contributed by atoms with Crippen LogP contribution in [0.4, 0.5) is 0 Å². The van der Waals surface area contributed by atoms with Crippen LogP contribution in [0.3, 0.4) is 0 Å². The highest BCUT2D eigenvalue weighted by Crippen LogP contribution is 2.16. The summed E-state index contributed by atoms with van der Waals surface area (Å²) < 4.78 is 0. The van der Waals surface area contributed by atoms with E-state index in [1.54, 1.807) is 0 Å². The summed E-state index contributed by atoms with van der Waals surface area (Å²) in [5, 5.41) is 6.38. The molecule has 1 aliphatic heterocycles. The molecule has 0 aromatic heterocycles. The monoisotopic (exact) mass is 289 g/mol. The predicted molar refractivity (Wildman–Crippen MR) is 86.2 cm³/mol. The Labute approximate surface area is 127 Å². The summed E-state index contributed by atoms with van der Waals surface area (Å²) in [4.78, 5) is 14.6. The van der Waals surface area contributed by atoms with Crippen molar-refractivity contribution in [2.45, 2.75) is 39.3 Å². The van der Waals surface area contributed by atoms with Crippen LogP contribution in [0.25, 0.3) is 0 Å². The van der Waals surface area contributed by atoms with E-state index in [2.05, 4.69) is 41.5 Å². The molecular formula is C17H27N3O. The lowest BCUT2D eigenvalue weighted by atomic mass is 9.95. The number of carbonyl (C=O) groups excluding carboxylic acids is 1. The molecule has 1 heterocycles. The third-order valence-electron chi connectivity index (χ3n) is 4.24. The van der Waals surface area contributed by atoms with Crippen molar-refractivity contribution in [2.75, 3.05) is 26.2 Å². The van der Waals surface area contributed by atoms with E-state index in [1.165, 1.54) is 11.1 Å². The van der Waals surface area contributed by atoms with E-state index in [4.69, 9.17) is 0 Å². The second-order valence-electron chi connectivity index (χ2n) is 5.58. The number of rotatable bonds is 7. The zero-order chi connectivity index (χ0) is 15.1. The second kappa shape index (κ2) is 8.15. The van der Waals surface area contributed by atoms with Gasteiger partial charge in [0.1, 0.15) is 0 Å².